The molecule has 1 saturated heterocycles. The number of nitrogens with zero attached hydrogens (tertiary/aromatic N) is 4. The summed E-state index contributed by atoms with van der Waals surface area (Å²) in [7, 11) is 2.10. The lowest BCUT2D eigenvalue weighted by Gasteiger charge is -2.30. The molecule has 1 aromatic rings. The van der Waals surface area contributed by atoms with Crippen LogP contribution in [0.15, 0.2) is 45.3 Å². The molecule has 31 heavy (non-hydrogen) atoms. The summed E-state index contributed by atoms with van der Waals surface area (Å²) in [5.74, 6) is 0.381. The number of aliphatic imine (C=N–C) groups is 2. The van der Waals surface area contributed by atoms with Gasteiger partial charge in [-0.25, -0.2) is 8.78 Å². The highest BCUT2D eigenvalue weighted by Crippen LogP contribution is 2.27. The Bertz CT molecular complexity index is 1000. The maximum absolute atomic E-state index is 14.3. The average Bonchev–Trinajstić information content (AvgIpc) is 3.39. The van der Waals surface area contributed by atoms with E-state index >= 15 is 0 Å². The zero-order chi connectivity index (χ0) is 22.1. The zero-order valence-corrected chi connectivity index (χ0v) is 18.1. The van der Waals surface area contributed by atoms with E-state index < -0.39 is 11.6 Å². The van der Waals surface area contributed by atoms with E-state index in [1.54, 1.807) is 6.08 Å². The first-order valence-corrected chi connectivity index (χ1v) is 10.6. The molecule has 1 aromatic carbocycles. The van der Waals surface area contributed by atoms with E-state index in [1.165, 1.54) is 0 Å². The van der Waals surface area contributed by atoms with Gasteiger partial charge in [-0.3, -0.25) is 9.98 Å². The van der Waals surface area contributed by atoms with Gasteiger partial charge in [-0.05, 0) is 38.2 Å². The molecule has 5 N–H and O–H groups in total. The predicted octanol–water partition coefficient (Wildman–Crippen LogP) is 1.80. The summed E-state index contributed by atoms with van der Waals surface area (Å²) in [6, 6.07) is 2.08. The number of hydrogen-bond acceptors (Lipinski definition) is 7. The summed E-state index contributed by atoms with van der Waals surface area (Å²) in [6.45, 7) is 3.45. The van der Waals surface area contributed by atoms with Crippen molar-refractivity contribution in [3.8, 4) is 0 Å². The van der Waals surface area contributed by atoms with E-state index in [4.69, 9.17) is 23.1 Å². The molecule has 4 rings (SSSR count). The van der Waals surface area contributed by atoms with Crippen LogP contribution in [0.3, 0.4) is 0 Å². The molecule has 166 valence electrons. The Morgan fingerprint density at radius 2 is 2.06 bits per heavy atom. The Morgan fingerprint density at radius 3 is 2.81 bits per heavy atom. The van der Waals surface area contributed by atoms with E-state index in [1.807, 2.05) is 4.90 Å². The van der Waals surface area contributed by atoms with E-state index in [2.05, 4.69) is 27.2 Å². The van der Waals surface area contributed by atoms with Gasteiger partial charge in [0.1, 0.15) is 23.3 Å². The standard InChI is InChI=1S/C21H26ClF2N7/c1-30-6-4-12(10-30)21-28-9-17(29-21)16(25)8-18-20(26)27-5-7-31(18)11-13-14(23)2-3-15(24)19(13)22/h2-3,8,12H,4-7,9-11,25H2,1H3,(H2,26,27)(H,28,29). The third-order valence-electron chi connectivity index (χ3n) is 5.85. The van der Waals surface area contributed by atoms with Crippen molar-refractivity contribution in [2.45, 2.75) is 13.0 Å². The predicted molar refractivity (Wildman–Crippen MR) is 119 cm³/mol. The minimum Gasteiger partial charge on any atom is -0.397 e. The number of hydrogen-bond donors (Lipinski definition) is 3. The zero-order valence-electron chi connectivity index (χ0n) is 17.3. The third-order valence-corrected chi connectivity index (χ3v) is 6.26. The Labute approximate surface area is 185 Å². The minimum atomic E-state index is -0.665. The van der Waals surface area contributed by atoms with Crippen molar-refractivity contribution >= 4 is 23.3 Å². The first-order valence-electron chi connectivity index (χ1n) is 10.2. The maximum Gasteiger partial charge on any atom is 0.142 e. The van der Waals surface area contributed by atoms with Crippen molar-refractivity contribution in [1.82, 2.24) is 15.1 Å². The Kier molecular flexibility index (Phi) is 6.15. The van der Waals surface area contributed by atoms with Crippen LogP contribution in [0.2, 0.25) is 5.02 Å². The molecule has 0 aromatic heterocycles. The average molecular weight is 450 g/mol. The molecule has 3 aliphatic heterocycles. The van der Waals surface area contributed by atoms with Crippen LogP contribution in [0.4, 0.5) is 8.78 Å². The molecule has 0 bridgehead atoms. The summed E-state index contributed by atoms with van der Waals surface area (Å²) < 4.78 is 28.2. The van der Waals surface area contributed by atoms with Crippen molar-refractivity contribution < 1.29 is 8.78 Å². The molecule has 0 saturated carbocycles. The van der Waals surface area contributed by atoms with E-state index in [-0.39, 0.29) is 17.1 Å². The molecule has 0 aliphatic carbocycles. The van der Waals surface area contributed by atoms with Gasteiger partial charge in [0.2, 0.25) is 0 Å². The molecule has 7 nitrogen and oxygen atoms in total. The molecule has 0 spiro atoms. The first kappa shape index (κ1) is 21.6. The molecule has 3 aliphatic rings. The van der Waals surface area contributed by atoms with Gasteiger partial charge in [0, 0.05) is 31.1 Å². The van der Waals surface area contributed by atoms with Gasteiger partial charge in [0.25, 0.3) is 0 Å². The molecule has 0 radical (unpaired) electrons. The van der Waals surface area contributed by atoms with Crippen LogP contribution in [-0.4, -0.2) is 61.2 Å². The van der Waals surface area contributed by atoms with Gasteiger partial charge in [-0.2, -0.15) is 0 Å². The SMILES string of the molecule is CN1CCC(C2=NCC(=C(N)C=C3C(N)=NCCN3Cc3c(F)ccc(F)c3Cl)N2)C1. The highest BCUT2D eigenvalue weighted by atomic mass is 35.5. The van der Waals surface area contributed by atoms with Gasteiger partial charge in [0.15, 0.2) is 0 Å². The fourth-order valence-corrected chi connectivity index (χ4v) is 4.29. The van der Waals surface area contributed by atoms with Crippen LogP contribution < -0.4 is 16.8 Å². The Morgan fingerprint density at radius 1 is 1.29 bits per heavy atom. The van der Waals surface area contributed by atoms with Gasteiger partial charge in [-0.15, -0.1) is 0 Å². The van der Waals surface area contributed by atoms with Gasteiger partial charge >= 0.3 is 0 Å². The molecular formula is C21H26ClF2N7. The van der Waals surface area contributed by atoms with Gasteiger partial charge in [-0.1, -0.05) is 11.6 Å². The lowest BCUT2D eigenvalue weighted by Crippen LogP contribution is -2.38. The highest BCUT2D eigenvalue weighted by Gasteiger charge is 2.28. The number of likely N-dealkylation sites (tertiary alicyclic amines) is 1. The molecule has 1 atom stereocenters. The minimum absolute atomic E-state index is 0.0523. The van der Waals surface area contributed by atoms with Gasteiger partial charge in [0.05, 0.1) is 35.2 Å². The third kappa shape index (κ3) is 4.52. The molecular weight excluding hydrogens is 424 g/mol. The molecule has 3 heterocycles. The summed E-state index contributed by atoms with van der Waals surface area (Å²) in [5, 5.41) is 3.12. The van der Waals surface area contributed by atoms with Crippen molar-refractivity contribution in [3.05, 3.63) is 57.5 Å². The number of amidine groups is 2. The van der Waals surface area contributed by atoms with Crippen LogP contribution >= 0.6 is 11.6 Å². The number of nitrogens with one attached hydrogen (secondary N) is 1. The highest BCUT2D eigenvalue weighted by molar-refractivity contribution is 6.31. The fraction of sp³-hybridized carbons (Fsp3) is 0.429. The first-order chi connectivity index (χ1) is 14.8. The Balaban J connectivity index is 1.56. The van der Waals surface area contributed by atoms with Crippen LogP contribution in [0, 0.1) is 17.6 Å². The molecule has 10 heteroatoms. The lowest BCUT2D eigenvalue weighted by atomic mass is 10.1. The quantitative estimate of drug-likeness (QED) is 0.609. The smallest absolute Gasteiger partial charge is 0.142 e. The van der Waals surface area contributed by atoms with Crippen molar-refractivity contribution in [3.63, 3.8) is 0 Å². The van der Waals surface area contributed by atoms with E-state index in [9.17, 15) is 8.78 Å². The monoisotopic (exact) mass is 449 g/mol. The number of allylic oxidation sites excluding steroid dienone is 1. The second-order valence-corrected chi connectivity index (χ2v) is 8.43. The summed E-state index contributed by atoms with van der Waals surface area (Å²) >= 11 is 6.01. The Hall–Kier alpha value is -2.65. The van der Waals surface area contributed by atoms with E-state index in [0.717, 1.165) is 43.2 Å². The van der Waals surface area contributed by atoms with Crippen molar-refractivity contribution in [2.24, 2.45) is 27.4 Å². The molecule has 1 unspecified atom stereocenters. The van der Waals surface area contributed by atoms with Crippen LogP contribution in [-0.2, 0) is 6.54 Å². The number of nitrogens with two attached hydrogens (primary N) is 2. The normalized spacial score (nSPS) is 25.0. The lowest BCUT2D eigenvalue weighted by molar-refractivity contribution is 0.345. The number of halogens is 3. The topological polar surface area (TPSA) is 95.3 Å². The van der Waals surface area contributed by atoms with Crippen molar-refractivity contribution in [1.29, 1.82) is 0 Å². The molecule has 0 amide bonds. The summed E-state index contributed by atoms with van der Waals surface area (Å²) in [6.07, 6.45) is 2.77. The number of rotatable bonds is 4. The van der Waals surface area contributed by atoms with Crippen LogP contribution in [0.25, 0.3) is 0 Å². The van der Waals surface area contributed by atoms with Crippen LogP contribution in [0.5, 0.6) is 0 Å². The maximum atomic E-state index is 14.3. The van der Waals surface area contributed by atoms with E-state index in [0.29, 0.717) is 42.8 Å². The van der Waals surface area contributed by atoms with Crippen LogP contribution in [0.1, 0.15) is 12.0 Å². The number of benzene rings is 1. The van der Waals surface area contributed by atoms with Crippen molar-refractivity contribution in [2.75, 3.05) is 39.8 Å². The summed E-state index contributed by atoms with van der Waals surface area (Å²) in [5.41, 5.74) is 14.4. The second-order valence-electron chi connectivity index (χ2n) is 8.05. The second kappa shape index (κ2) is 8.84. The molecule has 1 fully saturated rings. The fourth-order valence-electron chi connectivity index (χ4n) is 4.07. The summed E-state index contributed by atoms with van der Waals surface area (Å²) in [4.78, 5) is 13.0. The largest absolute Gasteiger partial charge is 0.397 e. The van der Waals surface area contributed by atoms with Gasteiger partial charge < -0.3 is 26.6 Å².